The monoisotopic (exact) mass is 248 g/mol. The summed E-state index contributed by atoms with van der Waals surface area (Å²) in [5, 5.41) is 2.02. The molecule has 0 amide bonds. The van der Waals surface area contributed by atoms with E-state index in [1.54, 1.807) is 21.6 Å². The molecule has 2 nitrogen and oxygen atoms in total. The van der Waals surface area contributed by atoms with Gasteiger partial charge in [0.05, 0.1) is 0 Å². The Morgan fingerprint density at radius 2 is 1.19 bits per heavy atom. The van der Waals surface area contributed by atoms with E-state index in [1.165, 1.54) is 11.1 Å². The highest BCUT2D eigenvalue weighted by atomic mass is 33.1. The van der Waals surface area contributed by atoms with Crippen molar-refractivity contribution in [3.8, 4) is 0 Å². The lowest BCUT2D eigenvalue weighted by atomic mass is 10.3. The smallest absolute Gasteiger partial charge is 0.107 e. The van der Waals surface area contributed by atoms with E-state index in [0.717, 1.165) is 10.1 Å². The van der Waals surface area contributed by atoms with Gasteiger partial charge in [-0.2, -0.15) is 0 Å². The van der Waals surface area contributed by atoms with Crippen molar-refractivity contribution >= 4 is 21.6 Å². The summed E-state index contributed by atoms with van der Waals surface area (Å²) >= 11 is 0. The van der Waals surface area contributed by atoms with Gasteiger partial charge >= 0.3 is 0 Å². The van der Waals surface area contributed by atoms with Crippen LogP contribution in [0.15, 0.2) is 46.7 Å². The number of nitrogens with zero attached hydrogens (tertiary/aromatic N) is 2. The predicted octanol–water partition coefficient (Wildman–Crippen LogP) is 3.89. The Bertz CT molecular complexity index is 406. The predicted molar refractivity (Wildman–Crippen MR) is 69.7 cm³/mol. The molecule has 16 heavy (non-hydrogen) atoms. The molecule has 0 saturated carbocycles. The minimum atomic E-state index is 1.01. The molecule has 0 aliphatic carbocycles. The number of rotatable bonds is 3. The third-order valence-corrected chi connectivity index (χ3v) is 4.16. The van der Waals surface area contributed by atoms with Gasteiger partial charge in [-0.3, -0.25) is 0 Å². The molecule has 0 unspecified atom stereocenters. The lowest BCUT2D eigenvalue weighted by Crippen LogP contribution is -1.80. The highest BCUT2D eigenvalue weighted by Gasteiger charge is 1.99. The van der Waals surface area contributed by atoms with Gasteiger partial charge in [0.25, 0.3) is 0 Å². The van der Waals surface area contributed by atoms with E-state index >= 15 is 0 Å². The number of pyridine rings is 2. The molecule has 0 saturated heterocycles. The zero-order valence-corrected chi connectivity index (χ0v) is 10.8. The summed E-state index contributed by atoms with van der Waals surface area (Å²) in [4.78, 5) is 8.65. The molecule has 2 aromatic rings. The summed E-state index contributed by atoms with van der Waals surface area (Å²) in [6.45, 7) is 4.08. The van der Waals surface area contributed by atoms with Gasteiger partial charge < -0.3 is 0 Å². The van der Waals surface area contributed by atoms with Crippen LogP contribution in [0.2, 0.25) is 0 Å². The third-order valence-electron chi connectivity index (χ3n) is 1.98. The summed E-state index contributed by atoms with van der Waals surface area (Å²) in [6.07, 6.45) is 3.76. The van der Waals surface area contributed by atoms with Crippen molar-refractivity contribution < 1.29 is 0 Å². The molecule has 0 radical (unpaired) electrons. The zero-order chi connectivity index (χ0) is 11.4. The molecule has 0 atom stereocenters. The minimum Gasteiger partial charge on any atom is -0.249 e. The van der Waals surface area contributed by atoms with Gasteiger partial charge in [-0.05, 0) is 58.7 Å². The van der Waals surface area contributed by atoms with E-state index in [4.69, 9.17) is 0 Å². The lowest BCUT2D eigenvalue weighted by molar-refractivity contribution is 1.11. The Morgan fingerprint density at radius 1 is 0.750 bits per heavy atom. The summed E-state index contributed by atoms with van der Waals surface area (Å²) in [5.41, 5.74) is 2.37. The fraction of sp³-hybridized carbons (Fsp3) is 0.167. The molecule has 0 aliphatic rings. The molecule has 2 rings (SSSR count). The standard InChI is InChI=1S/C12H12N2S2/c1-9-3-5-11(13-7-9)15-16-12-6-4-10(2)8-14-12/h3-8H,1-2H3. The van der Waals surface area contributed by atoms with Crippen molar-refractivity contribution in [1.29, 1.82) is 0 Å². The Balaban J connectivity index is 1.97. The average molecular weight is 248 g/mol. The Kier molecular flexibility index (Phi) is 3.85. The van der Waals surface area contributed by atoms with Crippen molar-refractivity contribution in [2.45, 2.75) is 23.9 Å². The normalized spacial score (nSPS) is 10.4. The second-order valence-electron chi connectivity index (χ2n) is 3.51. The zero-order valence-electron chi connectivity index (χ0n) is 9.18. The van der Waals surface area contributed by atoms with E-state index in [-0.39, 0.29) is 0 Å². The molecule has 2 aromatic heterocycles. The second kappa shape index (κ2) is 5.37. The SMILES string of the molecule is Cc1ccc(SSc2ccc(C)cn2)nc1. The first-order chi connectivity index (χ1) is 7.74. The van der Waals surface area contributed by atoms with Crippen molar-refractivity contribution in [3.05, 3.63) is 47.8 Å². The van der Waals surface area contributed by atoms with Crippen molar-refractivity contribution in [3.63, 3.8) is 0 Å². The molecular weight excluding hydrogens is 236 g/mol. The Hall–Kier alpha value is -1.00. The number of hydrogen-bond donors (Lipinski definition) is 0. The molecule has 0 spiro atoms. The van der Waals surface area contributed by atoms with Crippen LogP contribution in [-0.2, 0) is 0 Å². The van der Waals surface area contributed by atoms with E-state index in [2.05, 4.69) is 22.1 Å². The van der Waals surface area contributed by atoms with Crippen LogP contribution in [0.1, 0.15) is 11.1 Å². The number of aryl methyl sites for hydroxylation is 2. The van der Waals surface area contributed by atoms with Gasteiger partial charge in [0.15, 0.2) is 0 Å². The lowest BCUT2D eigenvalue weighted by Gasteiger charge is -2.00. The summed E-state index contributed by atoms with van der Waals surface area (Å²) < 4.78 is 0. The Morgan fingerprint density at radius 3 is 1.50 bits per heavy atom. The van der Waals surface area contributed by atoms with Crippen LogP contribution in [0.3, 0.4) is 0 Å². The van der Waals surface area contributed by atoms with E-state index in [1.807, 2.05) is 38.4 Å². The number of aromatic nitrogens is 2. The summed E-state index contributed by atoms with van der Waals surface area (Å²) in [6, 6.07) is 8.19. The molecule has 0 N–H and O–H groups in total. The van der Waals surface area contributed by atoms with Crippen molar-refractivity contribution in [2.75, 3.05) is 0 Å². The van der Waals surface area contributed by atoms with Crippen molar-refractivity contribution in [2.24, 2.45) is 0 Å². The summed E-state index contributed by atoms with van der Waals surface area (Å²) in [7, 11) is 3.26. The Labute approximate surface area is 103 Å². The number of hydrogen-bond acceptors (Lipinski definition) is 4. The molecule has 0 aliphatic heterocycles. The third kappa shape index (κ3) is 3.25. The second-order valence-corrected chi connectivity index (χ2v) is 5.68. The van der Waals surface area contributed by atoms with Crippen LogP contribution in [0.5, 0.6) is 0 Å². The van der Waals surface area contributed by atoms with Crippen LogP contribution in [0.4, 0.5) is 0 Å². The molecule has 0 bridgehead atoms. The van der Waals surface area contributed by atoms with Crippen LogP contribution >= 0.6 is 21.6 Å². The molecule has 0 fully saturated rings. The molecule has 4 heteroatoms. The van der Waals surface area contributed by atoms with E-state index in [9.17, 15) is 0 Å². The maximum Gasteiger partial charge on any atom is 0.107 e. The van der Waals surface area contributed by atoms with E-state index < -0.39 is 0 Å². The first-order valence-electron chi connectivity index (χ1n) is 4.94. The van der Waals surface area contributed by atoms with Crippen LogP contribution in [0, 0.1) is 13.8 Å². The summed E-state index contributed by atoms with van der Waals surface area (Å²) in [5.74, 6) is 0. The van der Waals surface area contributed by atoms with Crippen LogP contribution in [-0.4, -0.2) is 9.97 Å². The molecule has 0 aromatic carbocycles. The minimum absolute atomic E-state index is 1.01. The van der Waals surface area contributed by atoms with Crippen LogP contribution in [0.25, 0.3) is 0 Å². The molecule has 82 valence electrons. The van der Waals surface area contributed by atoms with E-state index in [0.29, 0.717) is 0 Å². The largest absolute Gasteiger partial charge is 0.249 e. The topological polar surface area (TPSA) is 25.8 Å². The van der Waals surface area contributed by atoms with Gasteiger partial charge in [-0.1, -0.05) is 12.1 Å². The highest BCUT2D eigenvalue weighted by molar-refractivity contribution is 8.76. The van der Waals surface area contributed by atoms with Gasteiger partial charge in [0.1, 0.15) is 10.1 Å². The highest BCUT2D eigenvalue weighted by Crippen LogP contribution is 2.34. The first-order valence-corrected chi connectivity index (χ1v) is 7.09. The van der Waals surface area contributed by atoms with Crippen LogP contribution < -0.4 is 0 Å². The maximum absolute atomic E-state index is 4.33. The first kappa shape index (κ1) is 11.5. The van der Waals surface area contributed by atoms with Crippen molar-refractivity contribution in [1.82, 2.24) is 9.97 Å². The van der Waals surface area contributed by atoms with Gasteiger partial charge in [-0.25, -0.2) is 9.97 Å². The molecule has 2 heterocycles. The quantitative estimate of drug-likeness (QED) is 0.770. The molecular formula is C12H12N2S2. The van der Waals surface area contributed by atoms with Gasteiger partial charge in [-0.15, -0.1) is 0 Å². The average Bonchev–Trinajstić information content (AvgIpc) is 2.30. The fourth-order valence-corrected chi connectivity index (χ4v) is 2.81. The maximum atomic E-state index is 4.33. The van der Waals surface area contributed by atoms with Gasteiger partial charge in [0.2, 0.25) is 0 Å². The van der Waals surface area contributed by atoms with Gasteiger partial charge in [0, 0.05) is 12.4 Å². The fourth-order valence-electron chi connectivity index (χ4n) is 1.09.